The van der Waals surface area contributed by atoms with Crippen LogP contribution < -0.4 is 0 Å². The number of aromatic amines is 1. The standard InChI is InChI=1S/C12H15N3O2/c1-9-4-6-17-11(9)8-15(2)12(16)7-10-3-5-13-14-10/h3-6H,7-8H2,1-2H3,(H,13,14). The van der Waals surface area contributed by atoms with E-state index < -0.39 is 0 Å². The van der Waals surface area contributed by atoms with Crippen molar-refractivity contribution < 1.29 is 9.21 Å². The minimum Gasteiger partial charge on any atom is -0.467 e. The van der Waals surface area contributed by atoms with Gasteiger partial charge in [0.1, 0.15) is 5.76 Å². The van der Waals surface area contributed by atoms with Gasteiger partial charge >= 0.3 is 0 Å². The van der Waals surface area contributed by atoms with Crippen molar-refractivity contribution in [3.63, 3.8) is 0 Å². The first kappa shape index (κ1) is 11.4. The number of nitrogens with one attached hydrogen (secondary N) is 1. The van der Waals surface area contributed by atoms with Crippen LogP contribution in [0.4, 0.5) is 0 Å². The number of rotatable bonds is 4. The van der Waals surface area contributed by atoms with Crippen molar-refractivity contribution in [3.05, 3.63) is 41.6 Å². The van der Waals surface area contributed by atoms with Gasteiger partial charge in [-0.1, -0.05) is 0 Å². The number of carbonyl (C=O) groups is 1. The van der Waals surface area contributed by atoms with Gasteiger partial charge in [-0.05, 0) is 24.6 Å². The number of carbonyl (C=O) groups excluding carboxylic acids is 1. The number of aromatic nitrogens is 2. The Morgan fingerprint density at radius 2 is 2.35 bits per heavy atom. The van der Waals surface area contributed by atoms with Gasteiger partial charge in [0.25, 0.3) is 0 Å². The minimum atomic E-state index is 0.0325. The summed E-state index contributed by atoms with van der Waals surface area (Å²) in [5, 5.41) is 6.58. The Morgan fingerprint density at radius 3 is 2.94 bits per heavy atom. The molecule has 0 saturated heterocycles. The molecule has 1 amide bonds. The Morgan fingerprint density at radius 1 is 1.53 bits per heavy atom. The molecule has 1 N–H and O–H groups in total. The smallest absolute Gasteiger partial charge is 0.228 e. The molecule has 2 rings (SSSR count). The second-order valence-corrected chi connectivity index (χ2v) is 4.04. The summed E-state index contributed by atoms with van der Waals surface area (Å²) in [6.45, 7) is 2.46. The molecule has 0 aliphatic heterocycles. The number of amides is 1. The van der Waals surface area contributed by atoms with Crippen LogP contribution in [0.2, 0.25) is 0 Å². The number of furan rings is 1. The van der Waals surface area contributed by atoms with Gasteiger partial charge in [0, 0.05) is 18.9 Å². The van der Waals surface area contributed by atoms with Crippen LogP contribution in [0.5, 0.6) is 0 Å². The van der Waals surface area contributed by atoms with Crippen LogP contribution in [0.1, 0.15) is 17.0 Å². The van der Waals surface area contributed by atoms with E-state index in [-0.39, 0.29) is 5.91 Å². The summed E-state index contributed by atoms with van der Waals surface area (Å²) in [5.74, 6) is 0.857. The van der Waals surface area contributed by atoms with Crippen LogP contribution in [-0.2, 0) is 17.8 Å². The van der Waals surface area contributed by atoms with Gasteiger partial charge in [-0.2, -0.15) is 5.10 Å². The molecule has 5 nitrogen and oxygen atoms in total. The minimum absolute atomic E-state index is 0.0325. The third kappa shape index (κ3) is 2.75. The van der Waals surface area contributed by atoms with Crippen molar-refractivity contribution in [1.29, 1.82) is 0 Å². The van der Waals surface area contributed by atoms with E-state index in [2.05, 4.69) is 10.2 Å². The Balaban J connectivity index is 1.94. The Hall–Kier alpha value is -2.04. The largest absolute Gasteiger partial charge is 0.467 e. The van der Waals surface area contributed by atoms with Crippen LogP contribution in [0.25, 0.3) is 0 Å². The van der Waals surface area contributed by atoms with Gasteiger partial charge in [-0.25, -0.2) is 0 Å². The Bertz CT molecular complexity index is 488. The van der Waals surface area contributed by atoms with Gasteiger partial charge in [0.2, 0.25) is 5.91 Å². The Labute approximate surface area is 99.4 Å². The lowest BCUT2D eigenvalue weighted by Gasteiger charge is -2.15. The molecule has 0 fully saturated rings. The molecule has 0 bridgehead atoms. The molecular formula is C12H15N3O2. The predicted octanol–water partition coefficient (Wildman–Crippen LogP) is 1.51. The summed E-state index contributed by atoms with van der Waals surface area (Å²) in [5.41, 5.74) is 1.88. The maximum Gasteiger partial charge on any atom is 0.228 e. The van der Waals surface area contributed by atoms with Crippen LogP contribution in [-0.4, -0.2) is 28.1 Å². The SMILES string of the molecule is Cc1ccoc1CN(C)C(=O)Cc1ccn[nH]1. The van der Waals surface area contributed by atoms with Crippen LogP contribution >= 0.6 is 0 Å². The normalized spacial score (nSPS) is 10.5. The zero-order valence-electron chi connectivity index (χ0n) is 9.93. The zero-order valence-corrected chi connectivity index (χ0v) is 9.93. The molecule has 5 heteroatoms. The topological polar surface area (TPSA) is 62.1 Å². The van der Waals surface area contributed by atoms with Crippen LogP contribution in [0.3, 0.4) is 0 Å². The first-order chi connectivity index (χ1) is 8.16. The highest BCUT2D eigenvalue weighted by Crippen LogP contribution is 2.11. The zero-order chi connectivity index (χ0) is 12.3. The molecule has 0 atom stereocenters. The monoisotopic (exact) mass is 233 g/mol. The van der Waals surface area contributed by atoms with Crippen molar-refractivity contribution in [2.24, 2.45) is 0 Å². The van der Waals surface area contributed by atoms with Crippen molar-refractivity contribution in [1.82, 2.24) is 15.1 Å². The molecule has 0 aliphatic carbocycles. The lowest BCUT2D eigenvalue weighted by molar-refractivity contribution is -0.130. The molecule has 0 radical (unpaired) electrons. The van der Waals surface area contributed by atoms with Crippen molar-refractivity contribution in [2.75, 3.05) is 7.05 Å². The van der Waals surface area contributed by atoms with E-state index in [0.717, 1.165) is 17.0 Å². The number of hydrogen-bond acceptors (Lipinski definition) is 3. The molecule has 0 saturated carbocycles. The van der Waals surface area contributed by atoms with E-state index in [1.165, 1.54) is 0 Å². The third-order valence-corrected chi connectivity index (χ3v) is 2.67. The molecular weight excluding hydrogens is 218 g/mol. The van der Waals surface area contributed by atoms with Gasteiger partial charge in [0.15, 0.2) is 0 Å². The molecule has 17 heavy (non-hydrogen) atoms. The van der Waals surface area contributed by atoms with E-state index >= 15 is 0 Å². The van der Waals surface area contributed by atoms with Crippen molar-refractivity contribution in [2.45, 2.75) is 19.9 Å². The summed E-state index contributed by atoms with van der Waals surface area (Å²) < 4.78 is 5.31. The molecule has 0 unspecified atom stereocenters. The van der Waals surface area contributed by atoms with Crippen molar-refractivity contribution in [3.8, 4) is 0 Å². The number of nitrogens with zero attached hydrogens (tertiary/aromatic N) is 2. The second-order valence-electron chi connectivity index (χ2n) is 4.04. The number of likely N-dealkylation sites (N-methyl/N-ethyl adjacent to an activating group) is 1. The van der Waals surface area contributed by atoms with E-state index in [1.807, 2.05) is 13.0 Å². The summed E-state index contributed by atoms with van der Waals surface area (Å²) in [6, 6.07) is 3.69. The quantitative estimate of drug-likeness (QED) is 0.870. The highest BCUT2D eigenvalue weighted by Gasteiger charge is 2.13. The summed E-state index contributed by atoms with van der Waals surface area (Å²) in [7, 11) is 1.76. The van der Waals surface area contributed by atoms with Gasteiger partial charge in [-0.15, -0.1) is 0 Å². The lowest BCUT2D eigenvalue weighted by Crippen LogP contribution is -2.27. The average molecular weight is 233 g/mol. The van der Waals surface area contributed by atoms with Gasteiger partial charge in [-0.3, -0.25) is 9.89 Å². The lowest BCUT2D eigenvalue weighted by atomic mass is 10.2. The van der Waals surface area contributed by atoms with Gasteiger partial charge in [0.05, 0.1) is 19.2 Å². The second kappa shape index (κ2) is 4.86. The number of aryl methyl sites for hydroxylation is 1. The molecule has 0 aliphatic rings. The highest BCUT2D eigenvalue weighted by atomic mass is 16.3. The van der Waals surface area contributed by atoms with Crippen LogP contribution in [0.15, 0.2) is 29.0 Å². The van der Waals surface area contributed by atoms with Gasteiger partial charge < -0.3 is 9.32 Å². The summed E-state index contributed by atoms with van der Waals surface area (Å²) in [6.07, 6.45) is 3.60. The first-order valence-electron chi connectivity index (χ1n) is 5.42. The third-order valence-electron chi connectivity index (χ3n) is 2.67. The molecule has 2 aromatic heterocycles. The van der Waals surface area contributed by atoms with Crippen LogP contribution in [0, 0.1) is 6.92 Å². The fourth-order valence-corrected chi connectivity index (χ4v) is 1.55. The number of hydrogen-bond donors (Lipinski definition) is 1. The highest BCUT2D eigenvalue weighted by molar-refractivity contribution is 5.77. The molecule has 90 valence electrons. The predicted molar refractivity (Wildman–Crippen MR) is 62.2 cm³/mol. The van der Waals surface area contributed by atoms with E-state index in [1.54, 1.807) is 30.5 Å². The Kier molecular flexibility index (Phi) is 3.27. The maximum absolute atomic E-state index is 11.9. The molecule has 2 heterocycles. The summed E-state index contributed by atoms with van der Waals surface area (Å²) in [4.78, 5) is 13.5. The molecule has 2 aromatic rings. The first-order valence-corrected chi connectivity index (χ1v) is 5.42. The van der Waals surface area contributed by atoms with E-state index in [9.17, 15) is 4.79 Å². The summed E-state index contributed by atoms with van der Waals surface area (Å²) >= 11 is 0. The van der Waals surface area contributed by atoms with E-state index in [4.69, 9.17) is 4.42 Å². The molecule has 0 aromatic carbocycles. The average Bonchev–Trinajstić information content (AvgIpc) is 2.91. The number of H-pyrrole nitrogens is 1. The fourth-order valence-electron chi connectivity index (χ4n) is 1.55. The molecule has 0 spiro atoms. The van der Waals surface area contributed by atoms with Crippen molar-refractivity contribution >= 4 is 5.91 Å². The van der Waals surface area contributed by atoms with E-state index in [0.29, 0.717) is 13.0 Å². The fraction of sp³-hybridized carbons (Fsp3) is 0.333. The maximum atomic E-state index is 11.9.